The lowest BCUT2D eigenvalue weighted by atomic mass is 9.91. The Morgan fingerprint density at radius 3 is 2.55 bits per heavy atom. The summed E-state index contributed by atoms with van der Waals surface area (Å²) in [6.45, 7) is 0.936. The maximum atomic E-state index is 12.2. The van der Waals surface area contributed by atoms with Crippen LogP contribution in [0.4, 0.5) is 13.2 Å². The number of sulfonamides is 1. The van der Waals surface area contributed by atoms with Crippen LogP contribution in [0, 0.1) is 5.92 Å². The molecule has 1 heterocycles. The second kappa shape index (κ2) is 7.09. The predicted molar refractivity (Wildman–Crippen MR) is 71.9 cm³/mol. The van der Waals surface area contributed by atoms with Crippen LogP contribution < -0.4 is 5.32 Å². The molecule has 0 aromatic heterocycles. The van der Waals surface area contributed by atoms with Gasteiger partial charge in [-0.05, 0) is 38.6 Å². The van der Waals surface area contributed by atoms with Crippen LogP contribution in [0.2, 0.25) is 0 Å². The van der Waals surface area contributed by atoms with Gasteiger partial charge in [0.25, 0.3) is 0 Å². The van der Waals surface area contributed by atoms with Crippen molar-refractivity contribution in [3.05, 3.63) is 0 Å². The van der Waals surface area contributed by atoms with Crippen LogP contribution in [-0.4, -0.2) is 51.3 Å². The van der Waals surface area contributed by atoms with E-state index in [1.165, 1.54) is 10.6 Å². The van der Waals surface area contributed by atoms with E-state index in [0.717, 1.165) is 12.8 Å². The quantitative estimate of drug-likeness (QED) is 0.815. The minimum atomic E-state index is -4.14. The van der Waals surface area contributed by atoms with Crippen molar-refractivity contribution in [3.63, 3.8) is 0 Å². The number of hydrogen-bond acceptors (Lipinski definition) is 3. The first-order chi connectivity index (χ1) is 9.12. The second-order valence-corrected chi connectivity index (χ2v) is 7.49. The van der Waals surface area contributed by atoms with Crippen molar-refractivity contribution in [1.29, 1.82) is 0 Å². The Morgan fingerprint density at radius 1 is 1.40 bits per heavy atom. The normalized spacial score (nSPS) is 23.8. The Bertz CT molecular complexity index is 398. The summed E-state index contributed by atoms with van der Waals surface area (Å²) in [5, 5.41) is 2.91. The van der Waals surface area contributed by atoms with E-state index in [9.17, 15) is 21.6 Å². The van der Waals surface area contributed by atoms with Gasteiger partial charge in [-0.25, -0.2) is 12.7 Å². The number of alkyl halides is 3. The Morgan fingerprint density at radius 2 is 2.05 bits per heavy atom. The molecule has 0 bridgehead atoms. The number of hydrogen-bond donors (Lipinski definition) is 1. The molecule has 4 nitrogen and oxygen atoms in total. The maximum Gasteiger partial charge on any atom is 0.389 e. The summed E-state index contributed by atoms with van der Waals surface area (Å²) in [5.41, 5.74) is 0. The number of rotatable bonds is 6. The van der Waals surface area contributed by atoms with E-state index in [2.05, 4.69) is 5.32 Å². The molecule has 20 heavy (non-hydrogen) atoms. The fraction of sp³-hybridized carbons (Fsp3) is 1.00. The summed E-state index contributed by atoms with van der Waals surface area (Å²) < 4.78 is 61.1. The number of halogens is 3. The van der Waals surface area contributed by atoms with Crippen molar-refractivity contribution in [2.75, 3.05) is 26.4 Å². The van der Waals surface area contributed by atoms with Gasteiger partial charge >= 0.3 is 6.18 Å². The van der Waals surface area contributed by atoms with E-state index in [0.29, 0.717) is 19.5 Å². The van der Waals surface area contributed by atoms with Crippen molar-refractivity contribution in [2.45, 2.75) is 44.3 Å². The Labute approximate surface area is 118 Å². The highest BCUT2D eigenvalue weighted by atomic mass is 32.2. The molecule has 1 aliphatic rings. The molecular formula is C12H23F3N2O2S. The summed E-state index contributed by atoms with van der Waals surface area (Å²) in [6, 6.07) is -0.221. The summed E-state index contributed by atoms with van der Waals surface area (Å²) in [4.78, 5) is 0. The van der Waals surface area contributed by atoms with Gasteiger partial charge in [-0.2, -0.15) is 13.2 Å². The Kier molecular flexibility index (Phi) is 6.27. The standard InChI is InChI=1S/C12H23F3N2O2S/c1-16-11(5-6-12(13,14)15)8-10-4-3-7-17(9-10)20(2,18)19/h10-11,16H,3-9H2,1-2H3. The Hall–Kier alpha value is -0.340. The van der Waals surface area contributed by atoms with Crippen LogP contribution in [0.1, 0.15) is 32.1 Å². The van der Waals surface area contributed by atoms with E-state index in [1.54, 1.807) is 7.05 Å². The topological polar surface area (TPSA) is 49.4 Å². The van der Waals surface area contributed by atoms with E-state index >= 15 is 0 Å². The van der Waals surface area contributed by atoms with Crippen molar-refractivity contribution >= 4 is 10.0 Å². The molecule has 0 aromatic carbocycles. The third-order valence-corrected chi connectivity index (χ3v) is 5.02. The molecular weight excluding hydrogens is 293 g/mol. The van der Waals surface area contributed by atoms with Crippen LogP contribution in [0.25, 0.3) is 0 Å². The molecule has 0 saturated carbocycles. The molecule has 1 rings (SSSR count). The van der Waals surface area contributed by atoms with E-state index in [-0.39, 0.29) is 18.4 Å². The first-order valence-corrected chi connectivity index (χ1v) is 8.66. The average Bonchev–Trinajstić information content (AvgIpc) is 2.32. The van der Waals surface area contributed by atoms with Crippen LogP contribution >= 0.6 is 0 Å². The highest BCUT2D eigenvalue weighted by molar-refractivity contribution is 7.88. The zero-order valence-electron chi connectivity index (χ0n) is 11.9. The van der Waals surface area contributed by atoms with Crippen LogP contribution in [0.15, 0.2) is 0 Å². The highest BCUT2D eigenvalue weighted by Crippen LogP contribution is 2.27. The van der Waals surface area contributed by atoms with Crippen molar-refractivity contribution in [3.8, 4) is 0 Å². The van der Waals surface area contributed by atoms with Gasteiger partial charge in [0.05, 0.1) is 6.26 Å². The lowest BCUT2D eigenvalue weighted by Crippen LogP contribution is -2.41. The lowest BCUT2D eigenvalue weighted by molar-refractivity contribution is -0.136. The molecule has 0 spiro atoms. The van der Waals surface area contributed by atoms with Gasteiger partial charge in [0, 0.05) is 25.6 Å². The van der Waals surface area contributed by atoms with Crippen molar-refractivity contribution < 1.29 is 21.6 Å². The average molecular weight is 316 g/mol. The molecule has 2 atom stereocenters. The minimum Gasteiger partial charge on any atom is -0.317 e. The summed E-state index contributed by atoms with van der Waals surface area (Å²) >= 11 is 0. The molecule has 0 radical (unpaired) electrons. The van der Waals surface area contributed by atoms with Gasteiger partial charge in [0.2, 0.25) is 10.0 Å². The van der Waals surface area contributed by atoms with Crippen LogP contribution in [0.3, 0.4) is 0 Å². The highest BCUT2D eigenvalue weighted by Gasteiger charge is 2.30. The summed E-state index contributed by atoms with van der Waals surface area (Å²) in [5.74, 6) is 0.129. The zero-order chi connectivity index (χ0) is 15.4. The van der Waals surface area contributed by atoms with Crippen LogP contribution in [-0.2, 0) is 10.0 Å². The van der Waals surface area contributed by atoms with Gasteiger partial charge in [-0.1, -0.05) is 0 Å². The zero-order valence-corrected chi connectivity index (χ0v) is 12.7. The smallest absolute Gasteiger partial charge is 0.317 e. The van der Waals surface area contributed by atoms with E-state index in [4.69, 9.17) is 0 Å². The second-order valence-electron chi connectivity index (χ2n) is 5.50. The summed E-state index contributed by atoms with van der Waals surface area (Å²) in [6.07, 6.45) is -1.51. The summed E-state index contributed by atoms with van der Waals surface area (Å²) in [7, 11) is -1.55. The third kappa shape index (κ3) is 6.41. The number of nitrogens with zero attached hydrogens (tertiary/aromatic N) is 1. The van der Waals surface area contributed by atoms with Gasteiger partial charge in [-0.15, -0.1) is 0 Å². The SMILES string of the molecule is CNC(CCC(F)(F)F)CC1CCCN(S(C)(=O)=O)C1. The largest absolute Gasteiger partial charge is 0.389 e. The molecule has 0 aromatic rings. The molecule has 2 unspecified atom stereocenters. The number of nitrogens with one attached hydrogen (secondary N) is 1. The molecule has 1 aliphatic heterocycles. The van der Waals surface area contributed by atoms with Gasteiger partial charge in [-0.3, -0.25) is 0 Å². The fourth-order valence-corrected chi connectivity index (χ4v) is 3.58. The van der Waals surface area contributed by atoms with Gasteiger partial charge in [0.1, 0.15) is 0 Å². The molecule has 1 saturated heterocycles. The van der Waals surface area contributed by atoms with Crippen molar-refractivity contribution in [1.82, 2.24) is 9.62 Å². The predicted octanol–water partition coefficient (Wildman–Crippen LogP) is 1.98. The van der Waals surface area contributed by atoms with E-state index in [1.807, 2.05) is 0 Å². The molecule has 120 valence electrons. The number of piperidine rings is 1. The Balaban J connectivity index is 2.49. The van der Waals surface area contributed by atoms with Gasteiger partial charge in [0.15, 0.2) is 0 Å². The monoisotopic (exact) mass is 316 g/mol. The molecule has 1 fully saturated rings. The minimum absolute atomic E-state index is 0.0371. The molecule has 1 N–H and O–H groups in total. The molecule has 0 aliphatic carbocycles. The first-order valence-electron chi connectivity index (χ1n) is 6.81. The third-order valence-electron chi connectivity index (χ3n) is 3.75. The fourth-order valence-electron chi connectivity index (χ4n) is 2.64. The van der Waals surface area contributed by atoms with Crippen molar-refractivity contribution in [2.24, 2.45) is 5.92 Å². The van der Waals surface area contributed by atoms with E-state index < -0.39 is 22.6 Å². The molecule has 0 amide bonds. The molecule has 8 heteroatoms. The first kappa shape index (κ1) is 17.7. The maximum absolute atomic E-state index is 12.2. The lowest BCUT2D eigenvalue weighted by Gasteiger charge is -2.33. The van der Waals surface area contributed by atoms with Crippen LogP contribution in [0.5, 0.6) is 0 Å². The van der Waals surface area contributed by atoms with Gasteiger partial charge < -0.3 is 5.32 Å².